The Balaban J connectivity index is 0.00000308. The lowest BCUT2D eigenvalue weighted by Gasteiger charge is -2.23. The number of nitrogens with zero attached hydrogens (tertiary/aromatic N) is 2. The summed E-state index contributed by atoms with van der Waals surface area (Å²) in [6.45, 7) is 2.49. The molecule has 0 saturated carbocycles. The van der Waals surface area contributed by atoms with E-state index in [1.807, 2.05) is 90.7 Å². The van der Waals surface area contributed by atoms with Gasteiger partial charge in [-0.2, -0.15) is 0 Å². The van der Waals surface area contributed by atoms with Crippen molar-refractivity contribution in [3.63, 3.8) is 0 Å². The molecule has 7 heteroatoms. The number of aromatic nitrogens is 2. The van der Waals surface area contributed by atoms with Gasteiger partial charge in [0.15, 0.2) is 0 Å². The SMILES string of the molecule is Cc1nc2c([nH]1)CCN(C(=O)c1ccc(NC(=O)c3ccccc3-c3ccccc3)cc1)c1ccccc1-2.[Cl-]. The Morgan fingerprint density at radius 3 is 2.26 bits per heavy atom. The summed E-state index contributed by atoms with van der Waals surface area (Å²) in [5.41, 5.74) is 7.35. The summed E-state index contributed by atoms with van der Waals surface area (Å²) in [6.07, 6.45) is 0.686. The second-order valence-electron chi connectivity index (χ2n) is 9.32. The van der Waals surface area contributed by atoms with Gasteiger partial charge >= 0.3 is 0 Å². The molecule has 0 spiro atoms. The number of imidazole rings is 1. The highest BCUT2D eigenvalue weighted by Gasteiger charge is 2.26. The number of carbonyl (C=O) groups excluding carboxylic acids is 2. The molecule has 2 N–H and O–H groups in total. The minimum absolute atomic E-state index is 0. The van der Waals surface area contributed by atoms with Gasteiger partial charge in [-0.15, -0.1) is 0 Å². The predicted molar refractivity (Wildman–Crippen MR) is 150 cm³/mol. The van der Waals surface area contributed by atoms with E-state index in [-0.39, 0.29) is 24.2 Å². The summed E-state index contributed by atoms with van der Waals surface area (Å²) in [5.74, 6) is 0.578. The number of halogens is 1. The Kier molecular flexibility index (Phi) is 7.30. The van der Waals surface area contributed by atoms with E-state index in [0.29, 0.717) is 29.8 Å². The molecule has 5 aromatic rings. The number of aromatic amines is 1. The van der Waals surface area contributed by atoms with Crippen molar-refractivity contribution in [1.29, 1.82) is 0 Å². The maximum atomic E-state index is 13.6. The highest BCUT2D eigenvalue weighted by atomic mass is 35.5. The summed E-state index contributed by atoms with van der Waals surface area (Å²) in [7, 11) is 0. The second kappa shape index (κ2) is 11.0. The molecule has 2 amide bonds. The van der Waals surface area contributed by atoms with Crippen LogP contribution in [0, 0.1) is 6.92 Å². The summed E-state index contributed by atoms with van der Waals surface area (Å²) >= 11 is 0. The van der Waals surface area contributed by atoms with Crippen LogP contribution in [-0.2, 0) is 6.42 Å². The van der Waals surface area contributed by atoms with Crippen molar-refractivity contribution in [2.24, 2.45) is 0 Å². The van der Waals surface area contributed by atoms with Crippen molar-refractivity contribution in [3.8, 4) is 22.4 Å². The average molecular weight is 534 g/mol. The lowest BCUT2D eigenvalue weighted by molar-refractivity contribution is -0.0000228. The second-order valence-corrected chi connectivity index (χ2v) is 9.32. The van der Waals surface area contributed by atoms with Crippen LogP contribution in [-0.4, -0.2) is 28.3 Å². The van der Waals surface area contributed by atoms with Gasteiger partial charge in [-0.25, -0.2) is 4.98 Å². The molecule has 0 bridgehead atoms. The molecule has 0 unspecified atom stereocenters. The number of H-pyrrole nitrogens is 1. The molecule has 6 nitrogen and oxygen atoms in total. The molecule has 1 aromatic heterocycles. The van der Waals surface area contributed by atoms with Crippen molar-refractivity contribution in [2.45, 2.75) is 13.3 Å². The molecule has 0 fully saturated rings. The number of anilines is 2. The van der Waals surface area contributed by atoms with Gasteiger partial charge < -0.3 is 27.6 Å². The molecule has 39 heavy (non-hydrogen) atoms. The van der Waals surface area contributed by atoms with E-state index in [1.165, 1.54) is 0 Å². The van der Waals surface area contributed by atoms with Crippen molar-refractivity contribution < 1.29 is 22.0 Å². The fourth-order valence-electron chi connectivity index (χ4n) is 5.01. The third-order valence-corrected chi connectivity index (χ3v) is 6.82. The minimum Gasteiger partial charge on any atom is -1.00 e. The van der Waals surface area contributed by atoms with Gasteiger partial charge in [0.25, 0.3) is 11.8 Å². The highest BCUT2D eigenvalue weighted by Crippen LogP contribution is 2.36. The molecule has 0 aliphatic carbocycles. The number of nitrogens with one attached hydrogen (secondary N) is 2. The van der Waals surface area contributed by atoms with Crippen molar-refractivity contribution in [1.82, 2.24) is 9.97 Å². The quantitative estimate of drug-likeness (QED) is 0.371. The van der Waals surface area contributed by atoms with Crippen LogP contribution in [0.1, 0.15) is 32.2 Å². The summed E-state index contributed by atoms with van der Waals surface area (Å²) in [5, 5.41) is 2.98. The number of hydrogen-bond acceptors (Lipinski definition) is 3. The highest BCUT2D eigenvalue weighted by molar-refractivity contribution is 6.10. The van der Waals surface area contributed by atoms with Gasteiger partial charge in [0.05, 0.1) is 11.4 Å². The smallest absolute Gasteiger partial charge is 0.258 e. The molecule has 4 aromatic carbocycles. The first-order valence-electron chi connectivity index (χ1n) is 12.6. The van der Waals surface area contributed by atoms with Gasteiger partial charge in [0.1, 0.15) is 5.82 Å². The topological polar surface area (TPSA) is 78.1 Å². The summed E-state index contributed by atoms with van der Waals surface area (Å²) in [6, 6.07) is 32.3. The molecule has 1 aliphatic heterocycles. The van der Waals surface area contributed by atoms with Gasteiger partial charge in [0, 0.05) is 41.0 Å². The number of fused-ring (bicyclic) bond motifs is 3. The number of amides is 2. The minimum atomic E-state index is -0.200. The molecular formula is C32H26ClN4O2-. The van der Waals surface area contributed by atoms with Crippen LogP contribution < -0.4 is 22.6 Å². The summed E-state index contributed by atoms with van der Waals surface area (Å²) < 4.78 is 0. The van der Waals surface area contributed by atoms with Gasteiger partial charge in [0.2, 0.25) is 0 Å². The van der Waals surface area contributed by atoms with E-state index in [0.717, 1.165) is 39.6 Å². The Bertz CT molecular complexity index is 1640. The molecule has 1 aliphatic rings. The number of rotatable bonds is 4. The van der Waals surface area contributed by atoms with E-state index in [4.69, 9.17) is 0 Å². The third kappa shape index (κ3) is 5.07. The zero-order chi connectivity index (χ0) is 26.1. The number of aryl methyl sites for hydroxylation is 1. The van der Waals surface area contributed by atoms with E-state index >= 15 is 0 Å². The number of para-hydroxylation sites is 1. The van der Waals surface area contributed by atoms with Crippen LogP contribution in [0.5, 0.6) is 0 Å². The van der Waals surface area contributed by atoms with Crippen LogP contribution in [0.15, 0.2) is 103 Å². The van der Waals surface area contributed by atoms with Crippen molar-refractivity contribution in [2.75, 3.05) is 16.8 Å². The predicted octanol–water partition coefficient (Wildman–Crippen LogP) is 3.51. The first-order chi connectivity index (χ1) is 18.6. The van der Waals surface area contributed by atoms with Crippen LogP contribution in [0.25, 0.3) is 22.4 Å². The number of carbonyl (C=O) groups is 2. The van der Waals surface area contributed by atoms with E-state index in [2.05, 4.69) is 15.3 Å². The lowest BCUT2D eigenvalue weighted by atomic mass is 9.99. The number of hydrogen-bond donors (Lipinski definition) is 2. The first kappa shape index (κ1) is 25.9. The zero-order valence-electron chi connectivity index (χ0n) is 21.3. The first-order valence-corrected chi connectivity index (χ1v) is 12.6. The monoisotopic (exact) mass is 533 g/mol. The van der Waals surface area contributed by atoms with E-state index in [1.54, 1.807) is 24.3 Å². The van der Waals surface area contributed by atoms with Crippen LogP contribution in [0.4, 0.5) is 11.4 Å². The Morgan fingerprint density at radius 1 is 0.821 bits per heavy atom. The van der Waals surface area contributed by atoms with Crippen LogP contribution in [0.2, 0.25) is 0 Å². The fourth-order valence-corrected chi connectivity index (χ4v) is 5.01. The van der Waals surface area contributed by atoms with E-state index < -0.39 is 0 Å². The maximum absolute atomic E-state index is 13.6. The van der Waals surface area contributed by atoms with Crippen LogP contribution in [0.3, 0.4) is 0 Å². The van der Waals surface area contributed by atoms with Crippen molar-refractivity contribution >= 4 is 23.2 Å². The molecule has 0 atom stereocenters. The normalized spacial score (nSPS) is 12.0. The zero-order valence-corrected chi connectivity index (χ0v) is 22.1. The van der Waals surface area contributed by atoms with Crippen molar-refractivity contribution in [3.05, 3.63) is 126 Å². The Labute approximate surface area is 233 Å². The molecule has 2 heterocycles. The molecule has 194 valence electrons. The Hall–Kier alpha value is -4.68. The van der Waals surface area contributed by atoms with E-state index in [9.17, 15) is 9.59 Å². The molecule has 0 saturated heterocycles. The molecule has 0 radical (unpaired) electrons. The largest absolute Gasteiger partial charge is 1.00 e. The van der Waals surface area contributed by atoms with Gasteiger partial charge in [-0.05, 0) is 54.4 Å². The number of benzene rings is 4. The van der Waals surface area contributed by atoms with Gasteiger partial charge in [-0.3, -0.25) is 9.59 Å². The summed E-state index contributed by atoms with van der Waals surface area (Å²) in [4.78, 5) is 36.6. The average Bonchev–Trinajstić information content (AvgIpc) is 3.27. The van der Waals surface area contributed by atoms with Gasteiger partial charge in [-0.1, -0.05) is 66.7 Å². The fraction of sp³-hybridized carbons (Fsp3) is 0.0938. The molecule has 6 rings (SSSR count). The molecular weight excluding hydrogens is 508 g/mol. The Morgan fingerprint density at radius 2 is 1.49 bits per heavy atom. The van der Waals surface area contributed by atoms with Crippen LogP contribution >= 0.6 is 0 Å². The standard InChI is InChI=1S/C32H26N4O2.ClH/c1-21-33-28-19-20-36(29-14-8-7-13-27(29)30(28)34-21)32(38)23-15-17-24(18-16-23)35-31(37)26-12-6-5-11-25(26)22-9-3-2-4-10-22;/h2-18H,19-20H2,1H3,(H,33,34)(H,35,37);1H/p-1. The third-order valence-electron chi connectivity index (χ3n) is 6.82. The maximum Gasteiger partial charge on any atom is 0.258 e. The lowest BCUT2D eigenvalue weighted by Crippen LogP contribution is -3.00.